The summed E-state index contributed by atoms with van der Waals surface area (Å²) in [5.41, 5.74) is 1.71. The minimum absolute atomic E-state index is 0.229. The van der Waals surface area contributed by atoms with E-state index in [0.717, 1.165) is 22.2 Å². The summed E-state index contributed by atoms with van der Waals surface area (Å²) in [7, 11) is 0. The molecule has 0 saturated carbocycles. The van der Waals surface area contributed by atoms with Crippen molar-refractivity contribution in [2.45, 2.75) is 33.5 Å². The number of hydrogen-bond donors (Lipinski definition) is 0. The molecule has 0 radical (unpaired) electrons. The van der Waals surface area contributed by atoms with E-state index in [1.54, 1.807) is 38.1 Å². The molecule has 8 heteroatoms. The van der Waals surface area contributed by atoms with Crippen molar-refractivity contribution in [2.24, 2.45) is 0 Å². The van der Waals surface area contributed by atoms with E-state index < -0.39 is 23.7 Å². The van der Waals surface area contributed by atoms with E-state index in [1.165, 1.54) is 0 Å². The molecule has 7 nitrogen and oxygen atoms in total. The van der Waals surface area contributed by atoms with Crippen LogP contribution in [0.15, 0.2) is 53.4 Å². The van der Waals surface area contributed by atoms with Crippen LogP contribution in [0.5, 0.6) is 11.5 Å². The van der Waals surface area contributed by atoms with Crippen molar-refractivity contribution in [1.29, 1.82) is 0 Å². The molecule has 0 unspecified atom stereocenters. The van der Waals surface area contributed by atoms with Crippen LogP contribution in [0.2, 0.25) is 0 Å². The summed E-state index contributed by atoms with van der Waals surface area (Å²) in [6.45, 7) is 5.71. The van der Waals surface area contributed by atoms with Crippen LogP contribution in [0.25, 0.3) is 6.08 Å². The predicted molar refractivity (Wildman–Crippen MR) is 122 cm³/mol. The number of amides is 2. The van der Waals surface area contributed by atoms with Crippen LogP contribution in [0.3, 0.4) is 0 Å². The minimum atomic E-state index is -0.623. The highest BCUT2D eigenvalue weighted by atomic mass is 32.2. The van der Waals surface area contributed by atoms with Gasteiger partial charge in [0.2, 0.25) is 0 Å². The summed E-state index contributed by atoms with van der Waals surface area (Å²) in [6.07, 6.45) is 1.28. The van der Waals surface area contributed by atoms with Gasteiger partial charge in [0.15, 0.2) is 11.5 Å². The SMILES string of the molecule is CCOc1cc(/C=C2/SC(=O)N(CC(=O)OC(C)C)C2=O)ccc1OCc1ccccc1. The van der Waals surface area contributed by atoms with Crippen LogP contribution in [-0.2, 0) is 20.9 Å². The highest BCUT2D eigenvalue weighted by Gasteiger charge is 2.36. The van der Waals surface area contributed by atoms with Crippen molar-refractivity contribution in [1.82, 2.24) is 4.90 Å². The standard InChI is InChI=1S/C24H25NO6S/c1-4-29-20-12-18(10-11-19(20)30-15-17-8-6-5-7-9-17)13-21-23(27)25(24(28)32-21)14-22(26)31-16(2)3/h5-13,16H,4,14-15H2,1-3H3/b21-13+. The Morgan fingerprint density at radius 3 is 2.50 bits per heavy atom. The quantitative estimate of drug-likeness (QED) is 0.402. The topological polar surface area (TPSA) is 82.1 Å². The number of nitrogens with zero attached hydrogens (tertiary/aromatic N) is 1. The average Bonchev–Trinajstić information content (AvgIpc) is 3.01. The second kappa shape index (κ2) is 10.9. The maximum atomic E-state index is 12.6. The Hall–Kier alpha value is -3.26. The molecule has 2 amide bonds. The molecule has 0 atom stereocenters. The molecule has 1 saturated heterocycles. The molecule has 168 valence electrons. The van der Waals surface area contributed by atoms with Gasteiger partial charge in [-0.1, -0.05) is 36.4 Å². The van der Waals surface area contributed by atoms with Gasteiger partial charge in [-0.3, -0.25) is 19.3 Å². The molecule has 1 aliphatic rings. The Balaban J connectivity index is 1.74. The maximum absolute atomic E-state index is 12.6. The number of carbonyl (C=O) groups excluding carboxylic acids is 3. The molecule has 32 heavy (non-hydrogen) atoms. The highest BCUT2D eigenvalue weighted by molar-refractivity contribution is 8.18. The van der Waals surface area contributed by atoms with E-state index in [1.807, 2.05) is 37.3 Å². The zero-order chi connectivity index (χ0) is 23.1. The van der Waals surface area contributed by atoms with E-state index in [9.17, 15) is 14.4 Å². The van der Waals surface area contributed by atoms with Crippen molar-refractivity contribution in [3.63, 3.8) is 0 Å². The van der Waals surface area contributed by atoms with Crippen LogP contribution in [0.4, 0.5) is 4.79 Å². The Morgan fingerprint density at radius 2 is 1.81 bits per heavy atom. The van der Waals surface area contributed by atoms with Crippen LogP contribution in [0, 0.1) is 0 Å². The summed E-state index contributed by atoms with van der Waals surface area (Å²) in [4.78, 5) is 37.8. The average molecular weight is 456 g/mol. The lowest BCUT2D eigenvalue weighted by Gasteiger charge is -2.13. The highest BCUT2D eigenvalue weighted by Crippen LogP contribution is 2.35. The van der Waals surface area contributed by atoms with E-state index >= 15 is 0 Å². The number of ether oxygens (including phenoxy) is 3. The Labute approximate surface area is 191 Å². The maximum Gasteiger partial charge on any atom is 0.326 e. The third kappa shape index (κ3) is 6.13. The first-order valence-corrected chi connectivity index (χ1v) is 11.1. The molecule has 1 fully saturated rings. The second-order valence-electron chi connectivity index (χ2n) is 7.22. The number of hydrogen-bond acceptors (Lipinski definition) is 7. The minimum Gasteiger partial charge on any atom is -0.490 e. The first-order valence-electron chi connectivity index (χ1n) is 10.3. The number of esters is 1. The Morgan fingerprint density at radius 1 is 1.06 bits per heavy atom. The van der Waals surface area contributed by atoms with E-state index in [0.29, 0.717) is 30.3 Å². The molecule has 1 heterocycles. The summed E-state index contributed by atoms with van der Waals surface area (Å²) in [6, 6.07) is 15.1. The summed E-state index contributed by atoms with van der Waals surface area (Å²) in [5, 5.41) is -0.505. The van der Waals surface area contributed by atoms with Crippen molar-refractivity contribution in [3.05, 3.63) is 64.6 Å². The molecule has 2 aromatic rings. The van der Waals surface area contributed by atoms with Crippen LogP contribution < -0.4 is 9.47 Å². The number of imide groups is 1. The van der Waals surface area contributed by atoms with Gasteiger partial charge >= 0.3 is 5.97 Å². The normalized spacial score (nSPS) is 14.9. The predicted octanol–water partition coefficient (Wildman–Crippen LogP) is 4.65. The third-order valence-corrected chi connectivity index (χ3v) is 5.24. The molecule has 1 aliphatic heterocycles. The molecular formula is C24H25NO6S. The Kier molecular flexibility index (Phi) is 7.94. The summed E-state index contributed by atoms with van der Waals surface area (Å²) >= 11 is 0.787. The molecule has 0 aromatic heterocycles. The number of rotatable bonds is 9. The molecule has 3 rings (SSSR count). The number of benzene rings is 2. The number of carbonyl (C=O) groups is 3. The van der Waals surface area contributed by atoms with Crippen LogP contribution >= 0.6 is 11.8 Å². The monoisotopic (exact) mass is 455 g/mol. The lowest BCUT2D eigenvalue weighted by Crippen LogP contribution is -2.35. The van der Waals surface area contributed by atoms with Crippen molar-refractivity contribution in [2.75, 3.05) is 13.2 Å². The van der Waals surface area contributed by atoms with Gasteiger partial charge in [0.1, 0.15) is 13.2 Å². The first kappa shape index (κ1) is 23.4. The lowest BCUT2D eigenvalue weighted by atomic mass is 10.1. The molecule has 0 aliphatic carbocycles. The number of thioether (sulfide) groups is 1. The van der Waals surface area contributed by atoms with Gasteiger partial charge in [-0.05, 0) is 61.9 Å². The van der Waals surface area contributed by atoms with Gasteiger partial charge in [-0.2, -0.15) is 0 Å². The summed E-state index contributed by atoms with van der Waals surface area (Å²) < 4.78 is 16.6. The van der Waals surface area contributed by atoms with Gasteiger partial charge in [0.25, 0.3) is 11.1 Å². The van der Waals surface area contributed by atoms with E-state index in [4.69, 9.17) is 14.2 Å². The van der Waals surface area contributed by atoms with E-state index in [2.05, 4.69) is 0 Å². The largest absolute Gasteiger partial charge is 0.490 e. The van der Waals surface area contributed by atoms with E-state index in [-0.39, 0.29) is 11.0 Å². The zero-order valence-corrected chi connectivity index (χ0v) is 19.0. The zero-order valence-electron chi connectivity index (χ0n) is 18.2. The molecule has 0 spiro atoms. The van der Waals surface area contributed by atoms with Crippen molar-refractivity contribution >= 4 is 35.0 Å². The van der Waals surface area contributed by atoms with Crippen molar-refractivity contribution < 1.29 is 28.6 Å². The van der Waals surface area contributed by atoms with Gasteiger partial charge in [0, 0.05) is 0 Å². The van der Waals surface area contributed by atoms with Gasteiger partial charge in [-0.25, -0.2) is 0 Å². The third-order valence-electron chi connectivity index (χ3n) is 4.33. The lowest BCUT2D eigenvalue weighted by molar-refractivity contribution is -0.149. The fourth-order valence-electron chi connectivity index (χ4n) is 2.95. The Bertz CT molecular complexity index is 1020. The molecular weight excluding hydrogens is 430 g/mol. The van der Waals surface area contributed by atoms with Crippen LogP contribution in [-0.4, -0.2) is 41.3 Å². The molecule has 0 bridgehead atoms. The van der Waals surface area contributed by atoms with Crippen LogP contribution in [0.1, 0.15) is 31.9 Å². The van der Waals surface area contributed by atoms with Gasteiger partial charge in [-0.15, -0.1) is 0 Å². The van der Waals surface area contributed by atoms with Gasteiger partial charge in [0.05, 0.1) is 17.6 Å². The molecule has 0 N–H and O–H groups in total. The smallest absolute Gasteiger partial charge is 0.326 e. The van der Waals surface area contributed by atoms with Crippen molar-refractivity contribution in [3.8, 4) is 11.5 Å². The fourth-order valence-corrected chi connectivity index (χ4v) is 3.79. The second-order valence-corrected chi connectivity index (χ2v) is 8.21. The first-order chi connectivity index (χ1) is 15.4. The fraction of sp³-hybridized carbons (Fsp3) is 0.292. The van der Waals surface area contributed by atoms with Gasteiger partial charge < -0.3 is 14.2 Å². The summed E-state index contributed by atoms with van der Waals surface area (Å²) in [5.74, 6) is -0.0283. The molecule has 2 aromatic carbocycles.